The molecule has 0 heterocycles. The summed E-state index contributed by atoms with van der Waals surface area (Å²) in [6, 6.07) is 5.84. The zero-order chi connectivity index (χ0) is 18.4. The Hall–Kier alpha value is -2.29. The summed E-state index contributed by atoms with van der Waals surface area (Å²) < 4.78 is 0. The van der Waals surface area contributed by atoms with Gasteiger partial charge in [0.15, 0.2) is 0 Å². The highest BCUT2D eigenvalue weighted by molar-refractivity contribution is 5.81. The first-order chi connectivity index (χ1) is 11.8. The van der Waals surface area contributed by atoms with E-state index in [4.69, 9.17) is 5.11 Å². The first-order valence-electron chi connectivity index (χ1n) is 8.92. The molecule has 1 aliphatic carbocycles. The molecule has 134 valence electrons. The van der Waals surface area contributed by atoms with Crippen LogP contribution < -0.4 is 0 Å². The molecule has 0 bridgehead atoms. The smallest absolute Gasteiger partial charge is 0.328 e. The molecule has 0 spiro atoms. The van der Waals surface area contributed by atoms with E-state index in [9.17, 15) is 9.90 Å². The summed E-state index contributed by atoms with van der Waals surface area (Å²) >= 11 is 0. The maximum atomic E-state index is 10.6. The molecule has 1 aromatic carbocycles. The van der Waals surface area contributed by atoms with Crippen LogP contribution in [-0.4, -0.2) is 16.2 Å². The fourth-order valence-electron chi connectivity index (χ4n) is 3.55. The molecule has 0 unspecified atom stereocenters. The zero-order valence-electron chi connectivity index (χ0n) is 15.4. The maximum absolute atomic E-state index is 10.6. The lowest BCUT2D eigenvalue weighted by atomic mass is 9.70. The van der Waals surface area contributed by atoms with Crippen molar-refractivity contribution in [2.24, 2.45) is 0 Å². The highest BCUT2D eigenvalue weighted by Gasteiger charge is 2.31. The average Bonchev–Trinajstić information content (AvgIpc) is 2.55. The SMILES string of the molecule is CC(=CC=C/C(C)=C/C(=O)O)c1ccc(O)c(C2(C)CCCCC2)c1. The van der Waals surface area contributed by atoms with E-state index in [1.165, 1.54) is 25.3 Å². The van der Waals surface area contributed by atoms with Gasteiger partial charge in [-0.1, -0.05) is 50.5 Å². The van der Waals surface area contributed by atoms with Crippen LogP contribution in [0.15, 0.2) is 48.1 Å². The molecular formula is C22H28O3. The van der Waals surface area contributed by atoms with Crippen LogP contribution in [0, 0.1) is 0 Å². The summed E-state index contributed by atoms with van der Waals surface area (Å²) in [4.78, 5) is 10.6. The Balaban J connectivity index is 2.25. The highest BCUT2D eigenvalue weighted by atomic mass is 16.4. The Morgan fingerprint density at radius 1 is 1.16 bits per heavy atom. The van der Waals surface area contributed by atoms with Gasteiger partial charge in [0.05, 0.1) is 0 Å². The molecule has 2 rings (SSSR count). The number of hydrogen-bond acceptors (Lipinski definition) is 2. The topological polar surface area (TPSA) is 57.5 Å². The predicted octanol–water partition coefficient (Wildman–Crippen LogP) is 5.60. The molecule has 2 N–H and O–H groups in total. The number of benzene rings is 1. The van der Waals surface area contributed by atoms with Crippen molar-refractivity contribution < 1.29 is 15.0 Å². The Labute approximate surface area is 150 Å². The van der Waals surface area contributed by atoms with Gasteiger partial charge in [-0.2, -0.15) is 0 Å². The van der Waals surface area contributed by atoms with Crippen LogP contribution in [-0.2, 0) is 10.2 Å². The zero-order valence-corrected chi connectivity index (χ0v) is 15.4. The van der Waals surface area contributed by atoms with Crippen molar-refractivity contribution in [2.75, 3.05) is 0 Å². The minimum atomic E-state index is -0.938. The summed E-state index contributed by atoms with van der Waals surface area (Å²) in [5.41, 5.74) is 3.96. The standard InChI is InChI=1S/C22H28O3/c1-16(14-21(24)25)8-7-9-17(2)18-10-11-20(23)19(15-18)22(3)12-5-4-6-13-22/h7-11,14-15,23H,4-6,12-13H2,1-3H3,(H,24,25)/b8-7?,16-14+,17-9?. The van der Waals surface area contributed by atoms with Crippen LogP contribution in [0.3, 0.4) is 0 Å². The Morgan fingerprint density at radius 2 is 1.84 bits per heavy atom. The molecule has 3 heteroatoms. The van der Waals surface area contributed by atoms with Gasteiger partial charge in [0.1, 0.15) is 5.75 Å². The van der Waals surface area contributed by atoms with Crippen LogP contribution in [0.25, 0.3) is 5.57 Å². The molecule has 0 amide bonds. The second kappa shape index (κ2) is 8.19. The van der Waals surface area contributed by atoms with Crippen LogP contribution >= 0.6 is 0 Å². The van der Waals surface area contributed by atoms with Crippen molar-refractivity contribution in [1.82, 2.24) is 0 Å². The van der Waals surface area contributed by atoms with Gasteiger partial charge in [-0.25, -0.2) is 4.79 Å². The second-order valence-electron chi connectivity index (χ2n) is 7.29. The Bertz CT molecular complexity index is 717. The number of phenols is 1. The molecule has 1 aliphatic rings. The van der Waals surface area contributed by atoms with E-state index in [1.54, 1.807) is 19.1 Å². The molecule has 1 fully saturated rings. The van der Waals surface area contributed by atoms with Crippen molar-refractivity contribution in [3.05, 3.63) is 59.2 Å². The summed E-state index contributed by atoms with van der Waals surface area (Å²) in [6.07, 6.45) is 12.7. The highest BCUT2D eigenvalue weighted by Crippen LogP contribution is 2.43. The molecule has 1 aromatic rings. The van der Waals surface area contributed by atoms with Gasteiger partial charge in [-0.05, 0) is 60.9 Å². The number of carbonyl (C=O) groups is 1. The number of carboxylic acids is 1. The Morgan fingerprint density at radius 3 is 2.48 bits per heavy atom. The van der Waals surface area contributed by atoms with E-state index in [0.29, 0.717) is 11.3 Å². The number of phenolic OH excluding ortho intramolecular Hbond substituents is 1. The fourth-order valence-corrected chi connectivity index (χ4v) is 3.55. The first-order valence-corrected chi connectivity index (χ1v) is 8.92. The number of aliphatic carboxylic acids is 1. The van der Waals surface area contributed by atoms with E-state index in [-0.39, 0.29) is 5.41 Å². The van der Waals surface area contributed by atoms with Crippen LogP contribution in [0.4, 0.5) is 0 Å². The summed E-state index contributed by atoms with van der Waals surface area (Å²) in [5, 5.41) is 19.1. The second-order valence-corrected chi connectivity index (χ2v) is 7.29. The quantitative estimate of drug-likeness (QED) is 0.541. The monoisotopic (exact) mass is 340 g/mol. The minimum Gasteiger partial charge on any atom is -0.508 e. The number of carboxylic acid groups (broad SMARTS) is 1. The van der Waals surface area contributed by atoms with Gasteiger partial charge in [0, 0.05) is 11.6 Å². The van der Waals surface area contributed by atoms with Crippen molar-refractivity contribution >= 4 is 11.5 Å². The van der Waals surface area contributed by atoms with Gasteiger partial charge in [-0.15, -0.1) is 0 Å². The van der Waals surface area contributed by atoms with E-state index in [0.717, 1.165) is 29.5 Å². The van der Waals surface area contributed by atoms with Gasteiger partial charge >= 0.3 is 5.97 Å². The largest absolute Gasteiger partial charge is 0.508 e. The van der Waals surface area contributed by atoms with E-state index in [2.05, 4.69) is 13.0 Å². The van der Waals surface area contributed by atoms with Crippen molar-refractivity contribution in [3.63, 3.8) is 0 Å². The number of hydrogen-bond donors (Lipinski definition) is 2. The molecule has 0 radical (unpaired) electrons. The van der Waals surface area contributed by atoms with E-state index in [1.807, 2.05) is 25.1 Å². The maximum Gasteiger partial charge on any atom is 0.328 e. The minimum absolute atomic E-state index is 0.0509. The van der Waals surface area contributed by atoms with Crippen LogP contribution in [0.1, 0.15) is 64.0 Å². The summed E-state index contributed by atoms with van der Waals surface area (Å²) in [5.74, 6) is -0.552. The lowest BCUT2D eigenvalue weighted by Crippen LogP contribution is -2.25. The molecule has 25 heavy (non-hydrogen) atoms. The normalized spacial score (nSPS) is 18.5. The summed E-state index contributed by atoms with van der Waals surface area (Å²) in [7, 11) is 0. The van der Waals surface area contributed by atoms with Crippen LogP contribution in [0.2, 0.25) is 0 Å². The van der Waals surface area contributed by atoms with Gasteiger partial charge in [0.25, 0.3) is 0 Å². The van der Waals surface area contributed by atoms with Gasteiger partial charge in [0.2, 0.25) is 0 Å². The summed E-state index contributed by atoms with van der Waals surface area (Å²) in [6.45, 7) is 6.04. The van der Waals surface area contributed by atoms with Crippen molar-refractivity contribution in [2.45, 2.75) is 58.3 Å². The third kappa shape index (κ3) is 5.09. The molecule has 0 aromatic heterocycles. The third-order valence-electron chi connectivity index (χ3n) is 5.12. The van der Waals surface area contributed by atoms with Crippen LogP contribution in [0.5, 0.6) is 5.75 Å². The molecule has 0 aliphatic heterocycles. The van der Waals surface area contributed by atoms with Crippen molar-refractivity contribution in [3.8, 4) is 5.75 Å². The third-order valence-corrected chi connectivity index (χ3v) is 5.12. The van der Waals surface area contributed by atoms with Gasteiger partial charge in [-0.3, -0.25) is 0 Å². The van der Waals surface area contributed by atoms with Crippen molar-refractivity contribution in [1.29, 1.82) is 0 Å². The predicted molar refractivity (Wildman–Crippen MR) is 103 cm³/mol. The lowest BCUT2D eigenvalue weighted by Gasteiger charge is -2.35. The Kier molecular flexibility index (Phi) is 6.24. The van der Waals surface area contributed by atoms with E-state index >= 15 is 0 Å². The first kappa shape index (κ1) is 19.0. The molecular weight excluding hydrogens is 312 g/mol. The number of allylic oxidation sites excluding steroid dienone is 5. The number of rotatable bonds is 5. The number of aromatic hydroxyl groups is 1. The average molecular weight is 340 g/mol. The molecule has 0 atom stereocenters. The fraction of sp³-hybridized carbons (Fsp3) is 0.409. The molecule has 1 saturated carbocycles. The molecule has 3 nitrogen and oxygen atoms in total. The van der Waals surface area contributed by atoms with Gasteiger partial charge < -0.3 is 10.2 Å². The van der Waals surface area contributed by atoms with E-state index < -0.39 is 5.97 Å². The lowest BCUT2D eigenvalue weighted by molar-refractivity contribution is -0.131. The molecule has 0 saturated heterocycles.